The highest BCUT2D eigenvalue weighted by molar-refractivity contribution is 7.92. The van der Waals surface area contributed by atoms with Crippen LogP contribution in [0.2, 0.25) is 0 Å². The van der Waals surface area contributed by atoms with Crippen LogP contribution < -0.4 is 14.4 Å². The summed E-state index contributed by atoms with van der Waals surface area (Å²) in [6, 6.07) is 18.8. The summed E-state index contributed by atoms with van der Waals surface area (Å²) in [5.41, 5.74) is 0.469. The highest BCUT2D eigenvalue weighted by Gasteiger charge is 2.33. The van der Waals surface area contributed by atoms with Crippen molar-refractivity contribution in [2.75, 3.05) is 18.0 Å². The van der Waals surface area contributed by atoms with E-state index in [-0.39, 0.29) is 28.7 Å². The molecule has 202 valence electrons. The van der Waals surface area contributed by atoms with Gasteiger partial charge in [-0.2, -0.15) is 0 Å². The van der Waals surface area contributed by atoms with Crippen LogP contribution in [-0.2, 0) is 26.2 Å². The van der Waals surface area contributed by atoms with Gasteiger partial charge in [0.25, 0.3) is 10.0 Å². The number of ether oxygens (including phenoxy) is 1. The van der Waals surface area contributed by atoms with Gasteiger partial charge in [-0.1, -0.05) is 36.4 Å². The number of methoxy groups -OCH3 is 1. The van der Waals surface area contributed by atoms with Crippen molar-refractivity contribution >= 4 is 27.5 Å². The minimum absolute atomic E-state index is 0.0405. The number of nitrogens with zero attached hydrogens (tertiary/aromatic N) is 2. The normalized spacial score (nSPS) is 12.1. The van der Waals surface area contributed by atoms with Crippen molar-refractivity contribution in [3.05, 3.63) is 90.2 Å². The summed E-state index contributed by atoms with van der Waals surface area (Å²) in [7, 11) is -2.73. The smallest absolute Gasteiger partial charge is 0.264 e. The van der Waals surface area contributed by atoms with E-state index in [1.54, 1.807) is 50.2 Å². The molecule has 0 aliphatic rings. The molecule has 1 atom stereocenters. The summed E-state index contributed by atoms with van der Waals surface area (Å²) in [4.78, 5) is 27.8. The Bertz CT molecular complexity index is 1350. The van der Waals surface area contributed by atoms with Gasteiger partial charge >= 0.3 is 0 Å². The van der Waals surface area contributed by atoms with Crippen LogP contribution >= 0.6 is 0 Å². The largest absolute Gasteiger partial charge is 0.497 e. The van der Waals surface area contributed by atoms with Crippen LogP contribution in [0.15, 0.2) is 83.8 Å². The van der Waals surface area contributed by atoms with E-state index in [2.05, 4.69) is 5.32 Å². The first-order valence-electron chi connectivity index (χ1n) is 12.1. The molecule has 3 aromatic rings. The third kappa shape index (κ3) is 6.89. The van der Waals surface area contributed by atoms with Crippen molar-refractivity contribution in [3.63, 3.8) is 0 Å². The Labute approximate surface area is 223 Å². The Morgan fingerprint density at radius 2 is 1.53 bits per heavy atom. The zero-order valence-corrected chi connectivity index (χ0v) is 22.6. The average Bonchev–Trinajstić information content (AvgIpc) is 2.90. The van der Waals surface area contributed by atoms with E-state index in [9.17, 15) is 22.4 Å². The number of para-hydroxylation sites is 1. The van der Waals surface area contributed by atoms with Crippen molar-refractivity contribution in [2.45, 2.75) is 44.3 Å². The van der Waals surface area contributed by atoms with E-state index >= 15 is 0 Å². The average molecular weight is 542 g/mol. The SMILES string of the molecule is COc1ccc(S(=O)(=O)N(CC(=O)N(Cc2ccccc2F)[C@@H](C)C(=O)NC(C)C)c2ccccc2)cc1. The third-order valence-corrected chi connectivity index (χ3v) is 7.66. The maximum atomic E-state index is 14.5. The fourth-order valence-corrected chi connectivity index (χ4v) is 5.21. The van der Waals surface area contributed by atoms with E-state index < -0.39 is 40.2 Å². The Morgan fingerprint density at radius 1 is 0.921 bits per heavy atom. The van der Waals surface area contributed by atoms with Gasteiger partial charge in [-0.15, -0.1) is 0 Å². The maximum Gasteiger partial charge on any atom is 0.264 e. The molecule has 0 heterocycles. The number of benzene rings is 3. The van der Waals surface area contributed by atoms with Crippen molar-refractivity contribution < 1.29 is 27.1 Å². The van der Waals surface area contributed by atoms with E-state index in [4.69, 9.17) is 4.74 Å². The predicted octanol–water partition coefficient (Wildman–Crippen LogP) is 3.97. The van der Waals surface area contributed by atoms with Crippen LogP contribution in [0, 0.1) is 5.82 Å². The first kappa shape index (κ1) is 28.6. The van der Waals surface area contributed by atoms with Gasteiger partial charge in [-0.05, 0) is 63.2 Å². The van der Waals surface area contributed by atoms with Crippen LogP contribution in [0.25, 0.3) is 0 Å². The lowest BCUT2D eigenvalue weighted by atomic mass is 10.1. The third-order valence-electron chi connectivity index (χ3n) is 5.87. The molecule has 0 saturated carbocycles. The van der Waals surface area contributed by atoms with E-state index in [1.165, 1.54) is 61.4 Å². The minimum atomic E-state index is -4.20. The molecule has 8 nitrogen and oxygen atoms in total. The lowest BCUT2D eigenvalue weighted by Gasteiger charge is -2.32. The number of hydrogen-bond acceptors (Lipinski definition) is 5. The second kappa shape index (κ2) is 12.6. The molecule has 0 aliphatic heterocycles. The van der Waals surface area contributed by atoms with Crippen LogP contribution in [0.4, 0.5) is 10.1 Å². The van der Waals surface area contributed by atoms with E-state index in [0.29, 0.717) is 5.75 Å². The number of carbonyl (C=O) groups excluding carboxylic acids is 2. The second-order valence-corrected chi connectivity index (χ2v) is 10.8. The molecule has 0 radical (unpaired) electrons. The highest BCUT2D eigenvalue weighted by atomic mass is 32.2. The van der Waals surface area contributed by atoms with Gasteiger partial charge in [0.05, 0.1) is 17.7 Å². The van der Waals surface area contributed by atoms with E-state index in [1.807, 2.05) is 0 Å². The van der Waals surface area contributed by atoms with Crippen molar-refractivity contribution in [2.24, 2.45) is 0 Å². The maximum absolute atomic E-state index is 14.5. The van der Waals surface area contributed by atoms with Crippen LogP contribution in [0.1, 0.15) is 26.3 Å². The topological polar surface area (TPSA) is 96.0 Å². The van der Waals surface area contributed by atoms with Crippen LogP contribution in [-0.4, -0.2) is 50.9 Å². The number of amides is 2. The van der Waals surface area contributed by atoms with Gasteiger partial charge in [0.2, 0.25) is 11.8 Å². The molecule has 0 bridgehead atoms. The fourth-order valence-electron chi connectivity index (χ4n) is 3.80. The number of rotatable bonds is 11. The molecule has 0 aromatic heterocycles. The Balaban J connectivity index is 2.01. The number of halogens is 1. The zero-order chi connectivity index (χ0) is 27.9. The molecule has 10 heteroatoms. The summed E-state index contributed by atoms with van der Waals surface area (Å²) in [6.07, 6.45) is 0. The van der Waals surface area contributed by atoms with Crippen molar-refractivity contribution in [1.29, 1.82) is 0 Å². The molecule has 1 N–H and O–H groups in total. The molecule has 38 heavy (non-hydrogen) atoms. The summed E-state index contributed by atoms with van der Waals surface area (Å²) in [5.74, 6) is -1.16. The molecule has 3 aromatic carbocycles. The van der Waals surface area contributed by atoms with Crippen molar-refractivity contribution in [3.8, 4) is 5.75 Å². The van der Waals surface area contributed by atoms with Gasteiger partial charge in [0.15, 0.2) is 0 Å². The zero-order valence-electron chi connectivity index (χ0n) is 21.8. The van der Waals surface area contributed by atoms with E-state index in [0.717, 1.165) is 4.31 Å². The predicted molar refractivity (Wildman–Crippen MR) is 144 cm³/mol. The number of hydrogen-bond donors (Lipinski definition) is 1. The first-order valence-corrected chi connectivity index (χ1v) is 13.5. The molecule has 0 unspecified atom stereocenters. The van der Waals surface area contributed by atoms with Gasteiger partial charge < -0.3 is 15.0 Å². The molecule has 0 spiro atoms. The monoisotopic (exact) mass is 541 g/mol. The van der Waals surface area contributed by atoms with Crippen LogP contribution in [0.5, 0.6) is 5.75 Å². The number of anilines is 1. The second-order valence-electron chi connectivity index (χ2n) is 8.98. The van der Waals surface area contributed by atoms with Gasteiger partial charge in [-0.3, -0.25) is 13.9 Å². The summed E-state index contributed by atoms with van der Waals surface area (Å²) < 4.78 is 48.1. The molecule has 2 amide bonds. The molecular weight excluding hydrogens is 509 g/mol. The summed E-state index contributed by atoms with van der Waals surface area (Å²) >= 11 is 0. The fraction of sp³-hybridized carbons (Fsp3) is 0.286. The summed E-state index contributed by atoms with van der Waals surface area (Å²) in [5, 5.41) is 2.76. The molecule has 0 saturated heterocycles. The first-order chi connectivity index (χ1) is 18.0. The lowest BCUT2D eigenvalue weighted by Crippen LogP contribution is -2.52. The van der Waals surface area contributed by atoms with Gasteiger partial charge in [0.1, 0.15) is 24.2 Å². The number of sulfonamides is 1. The van der Waals surface area contributed by atoms with Gasteiger partial charge in [-0.25, -0.2) is 12.8 Å². The molecule has 0 fully saturated rings. The minimum Gasteiger partial charge on any atom is -0.497 e. The molecular formula is C28H32FN3O5S. The van der Waals surface area contributed by atoms with Crippen molar-refractivity contribution in [1.82, 2.24) is 10.2 Å². The Kier molecular flexibility index (Phi) is 9.46. The molecule has 3 rings (SSSR count). The quantitative estimate of drug-likeness (QED) is 0.396. The lowest BCUT2D eigenvalue weighted by molar-refractivity contribution is -0.139. The number of nitrogens with one attached hydrogen (secondary N) is 1. The van der Waals surface area contributed by atoms with Gasteiger partial charge in [0, 0.05) is 18.2 Å². The molecule has 0 aliphatic carbocycles. The Morgan fingerprint density at radius 3 is 2.11 bits per heavy atom. The van der Waals surface area contributed by atoms with Crippen LogP contribution in [0.3, 0.4) is 0 Å². The summed E-state index contributed by atoms with van der Waals surface area (Å²) in [6.45, 7) is 4.27. The standard InChI is InChI=1S/C28H32FN3O5S/c1-20(2)30-28(34)21(3)31(18-22-10-8-9-13-26(22)29)27(33)19-32(23-11-6-5-7-12-23)38(35,36)25-16-14-24(37-4)15-17-25/h5-17,20-21H,18-19H2,1-4H3,(H,30,34)/t21-/m0/s1. The number of carbonyl (C=O) groups is 2. The Hall–Kier alpha value is -3.92. The highest BCUT2D eigenvalue weighted by Crippen LogP contribution is 2.26.